The van der Waals surface area contributed by atoms with E-state index in [1.165, 1.54) is 11.3 Å². The number of hydrogen-bond acceptors (Lipinski definition) is 8. The van der Waals surface area contributed by atoms with Gasteiger partial charge in [0.1, 0.15) is 0 Å². The number of nitrogens with two attached hydrogens (primary N) is 1. The van der Waals surface area contributed by atoms with Gasteiger partial charge in [-0.3, -0.25) is 0 Å². The van der Waals surface area contributed by atoms with Gasteiger partial charge in [0.15, 0.2) is 4.34 Å². The Morgan fingerprint density at radius 2 is 1.95 bits per heavy atom. The lowest BCUT2D eigenvalue weighted by Crippen LogP contribution is -1.88. The third-order valence-electron chi connectivity index (χ3n) is 2.45. The van der Waals surface area contributed by atoms with Gasteiger partial charge in [0.05, 0.1) is 0 Å². The summed E-state index contributed by atoms with van der Waals surface area (Å²) >= 11 is 2.96. The molecule has 0 atom stereocenters. The SMILES string of the molecule is Nc1nnc(SCCc2nnc(-c3ccccc3)o2)s1. The van der Waals surface area contributed by atoms with Gasteiger partial charge in [0.25, 0.3) is 0 Å². The first kappa shape index (κ1) is 13.1. The molecule has 0 aliphatic heterocycles. The van der Waals surface area contributed by atoms with Crippen LogP contribution in [0.4, 0.5) is 5.13 Å². The lowest BCUT2D eigenvalue weighted by Gasteiger charge is -1.94. The van der Waals surface area contributed by atoms with Crippen LogP contribution in [0.5, 0.6) is 0 Å². The van der Waals surface area contributed by atoms with Crippen LogP contribution in [0.15, 0.2) is 39.1 Å². The fraction of sp³-hybridized carbons (Fsp3) is 0.167. The first-order chi connectivity index (χ1) is 9.81. The smallest absolute Gasteiger partial charge is 0.247 e. The van der Waals surface area contributed by atoms with Crippen molar-refractivity contribution in [3.05, 3.63) is 36.2 Å². The second kappa shape index (κ2) is 6.02. The maximum Gasteiger partial charge on any atom is 0.247 e. The van der Waals surface area contributed by atoms with Crippen molar-refractivity contribution in [3.8, 4) is 11.5 Å². The molecule has 0 fully saturated rings. The molecule has 0 aliphatic carbocycles. The van der Waals surface area contributed by atoms with Crippen molar-refractivity contribution < 1.29 is 4.42 Å². The van der Waals surface area contributed by atoms with Gasteiger partial charge >= 0.3 is 0 Å². The Morgan fingerprint density at radius 1 is 1.10 bits per heavy atom. The zero-order valence-electron chi connectivity index (χ0n) is 10.4. The van der Waals surface area contributed by atoms with Gasteiger partial charge in [-0.25, -0.2) is 0 Å². The highest BCUT2D eigenvalue weighted by Crippen LogP contribution is 2.24. The Hall–Kier alpha value is -1.93. The lowest BCUT2D eigenvalue weighted by atomic mass is 10.2. The van der Waals surface area contributed by atoms with E-state index in [0.29, 0.717) is 23.3 Å². The molecule has 2 aromatic heterocycles. The number of benzene rings is 1. The molecule has 2 N–H and O–H groups in total. The number of nitrogens with zero attached hydrogens (tertiary/aromatic N) is 4. The van der Waals surface area contributed by atoms with Gasteiger partial charge in [-0.15, -0.1) is 20.4 Å². The molecule has 1 aromatic carbocycles. The summed E-state index contributed by atoms with van der Waals surface area (Å²) in [6, 6.07) is 9.71. The highest BCUT2D eigenvalue weighted by Gasteiger charge is 2.09. The normalized spacial score (nSPS) is 10.8. The van der Waals surface area contributed by atoms with Crippen LogP contribution in [0.3, 0.4) is 0 Å². The van der Waals surface area contributed by atoms with Crippen molar-refractivity contribution in [1.29, 1.82) is 0 Å². The van der Waals surface area contributed by atoms with Gasteiger partial charge in [0, 0.05) is 17.7 Å². The Labute approximate surface area is 123 Å². The molecule has 0 bridgehead atoms. The fourth-order valence-electron chi connectivity index (χ4n) is 1.56. The molecule has 0 aliphatic rings. The number of thioether (sulfide) groups is 1. The van der Waals surface area contributed by atoms with E-state index in [9.17, 15) is 0 Å². The third-order valence-corrected chi connectivity index (χ3v) is 4.34. The maximum absolute atomic E-state index is 5.62. The zero-order chi connectivity index (χ0) is 13.8. The van der Waals surface area contributed by atoms with Crippen molar-refractivity contribution in [2.24, 2.45) is 0 Å². The Morgan fingerprint density at radius 3 is 2.70 bits per heavy atom. The summed E-state index contributed by atoms with van der Waals surface area (Å²) in [5.74, 6) is 1.96. The van der Waals surface area contributed by atoms with Crippen molar-refractivity contribution in [2.75, 3.05) is 11.5 Å². The molecule has 0 spiro atoms. The molecule has 0 saturated heterocycles. The average molecular weight is 305 g/mol. The van der Waals surface area contributed by atoms with Gasteiger partial charge < -0.3 is 10.2 Å². The van der Waals surface area contributed by atoms with Crippen LogP contribution in [0.25, 0.3) is 11.5 Å². The van der Waals surface area contributed by atoms with Crippen LogP contribution < -0.4 is 5.73 Å². The minimum Gasteiger partial charge on any atom is -0.421 e. The second-order valence-electron chi connectivity index (χ2n) is 3.87. The van der Waals surface area contributed by atoms with Crippen LogP contribution in [0.2, 0.25) is 0 Å². The molecule has 6 nitrogen and oxygen atoms in total. The first-order valence-corrected chi connectivity index (χ1v) is 7.71. The van der Waals surface area contributed by atoms with E-state index in [-0.39, 0.29) is 0 Å². The molecule has 0 unspecified atom stereocenters. The molecule has 0 amide bonds. The highest BCUT2D eigenvalue weighted by molar-refractivity contribution is 8.01. The number of anilines is 1. The number of nitrogen functional groups attached to an aromatic ring is 1. The van der Waals surface area contributed by atoms with E-state index < -0.39 is 0 Å². The number of rotatable bonds is 5. The molecular weight excluding hydrogens is 294 g/mol. The maximum atomic E-state index is 5.62. The Bertz CT molecular complexity index is 682. The summed E-state index contributed by atoms with van der Waals surface area (Å²) in [6.45, 7) is 0. The van der Waals surface area contributed by atoms with Gasteiger partial charge in [-0.1, -0.05) is 41.3 Å². The molecular formula is C12H11N5OS2. The topological polar surface area (TPSA) is 90.7 Å². The third kappa shape index (κ3) is 3.14. The van der Waals surface area contributed by atoms with Crippen LogP contribution in [-0.2, 0) is 6.42 Å². The number of aromatic nitrogens is 4. The Balaban J connectivity index is 1.58. The quantitative estimate of drug-likeness (QED) is 0.724. The minimum absolute atomic E-state index is 0.483. The first-order valence-electron chi connectivity index (χ1n) is 5.91. The Kier molecular flexibility index (Phi) is 3.93. The minimum atomic E-state index is 0.483. The largest absolute Gasteiger partial charge is 0.421 e. The predicted octanol–water partition coefficient (Wildman–Crippen LogP) is 2.51. The lowest BCUT2D eigenvalue weighted by molar-refractivity contribution is 0.514. The van der Waals surface area contributed by atoms with Crippen molar-refractivity contribution >= 4 is 28.2 Å². The fourth-order valence-corrected chi connectivity index (χ4v) is 3.19. The molecule has 3 aromatic rings. The van der Waals surface area contributed by atoms with Crippen LogP contribution in [0, 0.1) is 0 Å². The van der Waals surface area contributed by atoms with E-state index in [0.717, 1.165) is 15.7 Å². The molecule has 0 saturated carbocycles. The molecule has 0 radical (unpaired) electrons. The molecule has 20 heavy (non-hydrogen) atoms. The van der Waals surface area contributed by atoms with E-state index in [1.54, 1.807) is 11.8 Å². The van der Waals surface area contributed by atoms with Crippen molar-refractivity contribution in [1.82, 2.24) is 20.4 Å². The van der Waals surface area contributed by atoms with Crippen molar-refractivity contribution in [3.63, 3.8) is 0 Å². The van der Waals surface area contributed by atoms with Gasteiger partial charge in [-0.2, -0.15) is 0 Å². The van der Waals surface area contributed by atoms with Gasteiger partial charge in [-0.05, 0) is 12.1 Å². The predicted molar refractivity (Wildman–Crippen MR) is 78.5 cm³/mol. The van der Waals surface area contributed by atoms with Crippen LogP contribution in [-0.4, -0.2) is 26.1 Å². The molecule has 3 rings (SSSR count). The summed E-state index contributed by atoms with van der Waals surface area (Å²) in [4.78, 5) is 0. The monoisotopic (exact) mass is 305 g/mol. The van der Waals surface area contributed by atoms with E-state index in [1.807, 2.05) is 30.3 Å². The van der Waals surface area contributed by atoms with E-state index in [2.05, 4.69) is 20.4 Å². The number of hydrogen-bond donors (Lipinski definition) is 1. The summed E-state index contributed by atoms with van der Waals surface area (Å²) in [5.41, 5.74) is 6.45. The highest BCUT2D eigenvalue weighted by atomic mass is 32.2. The van der Waals surface area contributed by atoms with E-state index in [4.69, 9.17) is 10.2 Å². The van der Waals surface area contributed by atoms with Crippen LogP contribution >= 0.6 is 23.1 Å². The molecule has 2 heterocycles. The summed E-state index contributed by atoms with van der Waals surface area (Å²) in [5, 5.41) is 16.3. The average Bonchev–Trinajstić information content (AvgIpc) is 3.09. The number of aryl methyl sites for hydroxylation is 1. The van der Waals surface area contributed by atoms with E-state index >= 15 is 0 Å². The molecule has 8 heteroatoms. The van der Waals surface area contributed by atoms with Crippen molar-refractivity contribution in [2.45, 2.75) is 10.8 Å². The zero-order valence-corrected chi connectivity index (χ0v) is 12.0. The van der Waals surface area contributed by atoms with Crippen LogP contribution in [0.1, 0.15) is 5.89 Å². The molecule has 102 valence electrons. The summed E-state index contributed by atoms with van der Waals surface area (Å²) in [6.07, 6.45) is 0.685. The summed E-state index contributed by atoms with van der Waals surface area (Å²) < 4.78 is 6.47. The second-order valence-corrected chi connectivity index (χ2v) is 6.22. The van der Waals surface area contributed by atoms with Gasteiger partial charge in [0.2, 0.25) is 16.9 Å². The summed E-state index contributed by atoms with van der Waals surface area (Å²) in [7, 11) is 0. The standard InChI is InChI=1S/C12H11N5OS2/c13-11-16-17-12(20-11)19-7-6-9-14-15-10(18-9)8-4-2-1-3-5-8/h1-5H,6-7H2,(H2,13,16).